The van der Waals surface area contributed by atoms with E-state index in [1.54, 1.807) is 12.1 Å². The van der Waals surface area contributed by atoms with Crippen LogP contribution in [0.5, 0.6) is 0 Å². The third kappa shape index (κ3) is 1.30. The Hall–Kier alpha value is -1.35. The highest BCUT2D eigenvalue weighted by atomic mass is 127. The number of para-hydroxylation sites is 1. The van der Waals surface area contributed by atoms with Gasteiger partial charge in [-0.1, -0.05) is 6.07 Å². The second kappa shape index (κ2) is 3.42. The summed E-state index contributed by atoms with van der Waals surface area (Å²) in [5.41, 5.74) is 0.733. The molecular formula is C10H5IN2O. The topological polar surface area (TPSA) is 56.6 Å². The molecule has 68 valence electrons. The van der Waals surface area contributed by atoms with Gasteiger partial charge in [-0.25, -0.2) is 0 Å². The fourth-order valence-corrected chi connectivity index (χ4v) is 1.95. The van der Waals surface area contributed by atoms with Gasteiger partial charge in [0.05, 0.1) is 5.52 Å². The number of rotatable bonds is 0. The van der Waals surface area contributed by atoms with Crippen molar-refractivity contribution in [3.63, 3.8) is 0 Å². The van der Waals surface area contributed by atoms with Crippen molar-refractivity contribution < 1.29 is 0 Å². The van der Waals surface area contributed by atoms with Crippen LogP contribution in [0.3, 0.4) is 0 Å². The van der Waals surface area contributed by atoms with E-state index in [9.17, 15) is 4.79 Å². The summed E-state index contributed by atoms with van der Waals surface area (Å²) in [5.74, 6) is 0. The Morgan fingerprint density at radius 2 is 2.21 bits per heavy atom. The minimum atomic E-state index is -0.209. The molecule has 1 N–H and O–H groups in total. The summed E-state index contributed by atoms with van der Waals surface area (Å²) in [5, 5.41) is 9.24. The van der Waals surface area contributed by atoms with Gasteiger partial charge < -0.3 is 4.98 Å². The Morgan fingerprint density at radius 1 is 1.43 bits per heavy atom. The SMILES string of the molecule is N#Cc1c[nH]c2c(I)cccc2c1=O. The van der Waals surface area contributed by atoms with Crippen LogP contribution in [0, 0.1) is 14.9 Å². The normalized spacial score (nSPS) is 10.0. The van der Waals surface area contributed by atoms with E-state index in [0.717, 1.165) is 9.09 Å². The molecular weight excluding hydrogens is 291 g/mol. The van der Waals surface area contributed by atoms with E-state index in [2.05, 4.69) is 27.6 Å². The van der Waals surface area contributed by atoms with Gasteiger partial charge in [0.25, 0.3) is 0 Å². The number of pyridine rings is 1. The minimum Gasteiger partial charge on any atom is -0.359 e. The molecule has 0 saturated carbocycles. The Kier molecular flexibility index (Phi) is 2.25. The Bertz CT molecular complexity index is 595. The number of hydrogen-bond acceptors (Lipinski definition) is 2. The Morgan fingerprint density at radius 3 is 2.93 bits per heavy atom. The number of fused-ring (bicyclic) bond motifs is 1. The van der Waals surface area contributed by atoms with Crippen LogP contribution in [0.15, 0.2) is 29.2 Å². The predicted molar refractivity (Wildman–Crippen MR) is 62.0 cm³/mol. The first kappa shape index (κ1) is 9.21. The number of H-pyrrole nitrogens is 1. The molecule has 1 heterocycles. The van der Waals surface area contributed by atoms with Gasteiger partial charge in [-0.3, -0.25) is 4.79 Å². The number of aromatic amines is 1. The van der Waals surface area contributed by atoms with Gasteiger partial charge in [-0.2, -0.15) is 5.26 Å². The van der Waals surface area contributed by atoms with Crippen molar-refractivity contribution in [2.75, 3.05) is 0 Å². The maximum Gasteiger partial charge on any atom is 0.207 e. The van der Waals surface area contributed by atoms with E-state index < -0.39 is 0 Å². The molecule has 1 aromatic carbocycles. The van der Waals surface area contributed by atoms with Gasteiger partial charge in [0.2, 0.25) is 5.43 Å². The standard InChI is InChI=1S/C10H5IN2O/c11-8-3-1-2-7-9(8)13-5-6(4-12)10(7)14/h1-3,5H,(H,13,14). The van der Waals surface area contributed by atoms with Crippen LogP contribution >= 0.6 is 22.6 Å². The van der Waals surface area contributed by atoms with E-state index >= 15 is 0 Å². The second-order valence-corrected chi connectivity index (χ2v) is 3.97. The van der Waals surface area contributed by atoms with Crippen LogP contribution in [-0.4, -0.2) is 4.98 Å². The molecule has 0 aliphatic rings. The highest BCUT2D eigenvalue weighted by Gasteiger charge is 2.05. The number of nitriles is 1. The van der Waals surface area contributed by atoms with Crippen molar-refractivity contribution in [1.29, 1.82) is 5.26 Å². The van der Waals surface area contributed by atoms with E-state index in [0.29, 0.717) is 5.39 Å². The summed E-state index contributed by atoms with van der Waals surface area (Å²) in [4.78, 5) is 14.6. The number of benzene rings is 1. The van der Waals surface area contributed by atoms with Crippen LogP contribution in [0.1, 0.15) is 5.56 Å². The van der Waals surface area contributed by atoms with Crippen molar-refractivity contribution in [2.45, 2.75) is 0 Å². The lowest BCUT2D eigenvalue weighted by Gasteiger charge is -1.99. The first-order valence-electron chi connectivity index (χ1n) is 3.94. The lowest BCUT2D eigenvalue weighted by Crippen LogP contribution is -2.07. The molecule has 3 nitrogen and oxygen atoms in total. The summed E-state index contributed by atoms with van der Waals surface area (Å²) in [6.07, 6.45) is 1.45. The zero-order valence-electron chi connectivity index (χ0n) is 7.04. The van der Waals surface area contributed by atoms with Gasteiger partial charge in [-0.05, 0) is 34.7 Å². The average Bonchev–Trinajstić information content (AvgIpc) is 2.20. The molecule has 0 saturated heterocycles. The quantitative estimate of drug-likeness (QED) is 0.756. The van der Waals surface area contributed by atoms with Gasteiger partial charge in [0.15, 0.2) is 0 Å². The molecule has 2 aromatic rings. The Balaban J connectivity index is 3.00. The van der Waals surface area contributed by atoms with E-state index in [1.165, 1.54) is 6.20 Å². The maximum atomic E-state index is 11.7. The smallest absolute Gasteiger partial charge is 0.207 e. The highest BCUT2D eigenvalue weighted by molar-refractivity contribution is 14.1. The molecule has 14 heavy (non-hydrogen) atoms. The molecule has 0 spiro atoms. The minimum absolute atomic E-state index is 0.152. The molecule has 0 radical (unpaired) electrons. The molecule has 0 aliphatic carbocycles. The van der Waals surface area contributed by atoms with Gasteiger partial charge in [-0.15, -0.1) is 0 Å². The van der Waals surface area contributed by atoms with Crippen LogP contribution in [0.4, 0.5) is 0 Å². The van der Waals surface area contributed by atoms with Crippen molar-refractivity contribution >= 4 is 33.5 Å². The lowest BCUT2D eigenvalue weighted by atomic mass is 10.1. The number of halogens is 1. The van der Waals surface area contributed by atoms with Crippen molar-refractivity contribution in [3.8, 4) is 6.07 Å². The van der Waals surface area contributed by atoms with E-state index in [-0.39, 0.29) is 11.0 Å². The van der Waals surface area contributed by atoms with Crippen LogP contribution < -0.4 is 5.43 Å². The molecule has 0 atom stereocenters. The maximum absolute atomic E-state index is 11.7. The van der Waals surface area contributed by atoms with Crippen LogP contribution in [0.2, 0.25) is 0 Å². The second-order valence-electron chi connectivity index (χ2n) is 2.81. The van der Waals surface area contributed by atoms with E-state index in [1.807, 2.05) is 12.1 Å². The van der Waals surface area contributed by atoms with Crippen LogP contribution in [0.25, 0.3) is 10.9 Å². The summed E-state index contributed by atoms with van der Waals surface area (Å²) in [6.45, 7) is 0. The predicted octanol–water partition coefficient (Wildman–Crippen LogP) is 2.00. The van der Waals surface area contributed by atoms with Gasteiger partial charge in [0, 0.05) is 15.2 Å². The molecule has 4 heteroatoms. The molecule has 0 unspecified atom stereocenters. The first-order chi connectivity index (χ1) is 6.74. The molecule has 1 aromatic heterocycles. The largest absolute Gasteiger partial charge is 0.359 e. The Labute approximate surface area is 93.5 Å². The molecule has 0 amide bonds. The number of nitrogens with zero attached hydrogens (tertiary/aromatic N) is 1. The van der Waals surface area contributed by atoms with E-state index in [4.69, 9.17) is 5.26 Å². The lowest BCUT2D eigenvalue weighted by molar-refractivity contribution is 1.34. The van der Waals surface area contributed by atoms with Gasteiger partial charge >= 0.3 is 0 Å². The zero-order valence-corrected chi connectivity index (χ0v) is 9.20. The van der Waals surface area contributed by atoms with Crippen molar-refractivity contribution in [3.05, 3.63) is 43.8 Å². The summed E-state index contributed by atoms with van der Waals surface area (Å²) in [6, 6.07) is 7.29. The zero-order chi connectivity index (χ0) is 10.1. The summed E-state index contributed by atoms with van der Waals surface area (Å²) < 4.78 is 0.974. The van der Waals surface area contributed by atoms with Crippen LogP contribution in [-0.2, 0) is 0 Å². The fourth-order valence-electron chi connectivity index (χ4n) is 1.30. The number of nitrogens with one attached hydrogen (secondary N) is 1. The number of hydrogen-bond donors (Lipinski definition) is 1. The third-order valence-corrected chi connectivity index (χ3v) is 2.88. The van der Waals surface area contributed by atoms with Gasteiger partial charge in [0.1, 0.15) is 11.6 Å². The average molecular weight is 296 g/mol. The third-order valence-electron chi connectivity index (χ3n) is 1.98. The molecule has 0 fully saturated rings. The highest BCUT2D eigenvalue weighted by Crippen LogP contribution is 2.15. The summed E-state index contributed by atoms with van der Waals surface area (Å²) >= 11 is 2.15. The number of aromatic nitrogens is 1. The summed E-state index contributed by atoms with van der Waals surface area (Å²) in [7, 11) is 0. The monoisotopic (exact) mass is 296 g/mol. The fraction of sp³-hybridized carbons (Fsp3) is 0. The first-order valence-corrected chi connectivity index (χ1v) is 5.02. The van der Waals surface area contributed by atoms with Crippen molar-refractivity contribution in [2.24, 2.45) is 0 Å². The molecule has 0 bridgehead atoms. The molecule has 0 aliphatic heterocycles. The molecule has 2 rings (SSSR count). The van der Waals surface area contributed by atoms with Crippen molar-refractivity contribution in [1.82, 2.24) is 4.98 Å².